The van der Waals surface area contributed by atoms with Crippen LogP contribution in [-0.4, -0.2) is 43.0 Å². The number of carbonyl (C=O) groups excluding carboxylic acids is 1. The lowest BCUT2D eigenvalue weighted by molar-refractivity contribution is -0.00232. The molecule has 5 heteroatoms. The average molecular weight is 327 g/mol. The van der Waals surface area contributed by atoms with Gasteiger partial charge in [-0.3, -0.25) is 9.69 Å². The molecule has 0 radical (unpaired) electrons. The molecule has 0 saturated carbocycles. The molecule has 1 aromatic heterocycles. The van der Waals surface area contributed by atoms with Crippen LogP contribution in [-0.2, 0) is 4.74 Å². The van der Waals surface area contributed by atoms with Crippen LogP contribution in [0.1, 0.15) is 22.5 Å². The zero-order valence-electron chi connectivity index (χ0n) is 13.2. The Kier molecular flexibility index (Phi) is 5.42. The summed E-state index contributed by atoms with van der Waals surface area (Å²) >= 11 is 0. The normalized spacial score (nSPS) is 18.0. The molecule has 1 fully saturated rings. The summed E-state index contributed by atoms with van der Waals surface area (Å²) in [6, 6.07) is 9.45. The van der Waals surface area contributed by atoms with Gasteiger partial charge in [0.1, 0.15) is 5.82 Å². The molecule has 1 aliphatic heterocycles. The zero-order chi connectivity index (χ0) is 16.8. The summed E-state index contributed by atoms with van der Waals surface area (Å²) in [6.45, 7) is 2.40. The molecule has 1 aliphatic rings. The molecule has 1 saturated heterocycles. The Labute approximate surface area is 140 Å². The number of Topliss-reactive ketones (excluding diaryl/α,β-unsaturated/α-hetero) is 1. The SMILES string of the molecule is O=C(C[C@H]1COCCN1CC#Cc1ccc(F)cc1)c1ccco1. The van der Waals surface area contributed by atoms with Crippen molar-refractivity contribution < 1.29 is 18.3 Å². The lowest BCUT2D eigenvalue weighted by atomic mass is 10.1. The highest BCUT2D eigenvalue weighted by molar-refractivity contribution is 5.93. The van der Waals surface area contributed by atoms with Crippen LogP contribution in [0, 0.1) is 17.7 Å². The van der Waals surface area contributed by atoms with Gasteiger partial charge in [0.25, 0.3) is 0 Å². The molecule has 24 heavy (non-hydrogen) atoms. The van der Waals surface area contributed by atoms with Gasteiger partial charge in [0.2, 0.25) is 0 Å². The molecule has 0 bridgehead atoms. The molecule has 2 aromatic rings. The van der Waals surface area contributed by atoms with E-state index in [1.54, 1.807) is 24.3 Å². The molecule has 0 amide bonds. The lowest BCUT2D eigenvalue weighted by Crippen LogP contribution is -2.46. The number of carbonyl (C=O) groups is 1. The summed E-state index contributed by atoms with van der Waals surface area (Å²) < 4.78 is 23.5. The van der Waals surface area contributed by atoms with Gasteiger partial charge in [0.05, 0.1) is 26.0 Å². The van der Waals surface area contributed by atoms with Crippen LogP contribution >= 0.6 is 0 Å². The van der Waals surface area contributed by atoms with Gasteiger partial charge in [-0.2, -0.15) is 0 Å². The van der Waals surface area contributed by atoms with Crippen molar-refractivity contribution >= 4 is 5.78 Å². The number of halogens is 1. The van der Waals surface area contributed by atoms with Crippen LogP contribution in [0.25, 0.3) is 0 Å². The smallest absolute Gasteiger partial charge is 0.199 e. The molecule has 3 rings (SSSR count). The van der Waals surface area contributed by atoms with Crippen molar-refractivity contribution in [2.24, 2.45) is 0 Å². The predicted octanol–water partition coefficient (Wildman–Crippen LogP) is 2.74. The maximum Gasteiger partial charge on any atom is 0.199 e. The van der Waals surface area contributed by atoms with Gasteiger partial charge in [0, 0.05) is 24.6 Å². The van der Waals surface area contributed by atoms with Crippen LogP contribution in [0.4, 0.5) is 4.39 Å². The third-order valence-corrected chi connectivity index (χ3v) is 3.93. The standard InChI is InChI=1S/C19H18FNO3/c20-16-7-5-15(6-8-16)3-1-9-21-10-12-23-14-17(21)13-18(22)19-4-2-11-24-19/h2,4-8,11,17H,9-10,12-14H2/t17-/m0/s1. The topological polar surface area (TPSA) is 42.7 Å². The Hall–Kier alpha value is -2.42. The number of morpholine rings is 1. The van der Waals surface area contributed by atoms with Gasteiger partial charge < -0.3 is 9.15 Å². The van der Waals surface area contributed by atoms with E-state index in [2.05, 4.69) is 16.7 Å². The highest BCUT2D eigenvalue weighted by Crippen LogP contribution is 2.14. The molecule has 4 nitrogen and oxygen atoms in total. The first-order valence-electron chi connectivity index (χ1n) is 7.85. The molecule has 1 aromatic carbocycles. The van der Waals surface area contributed by atoms with Crippen LogP contribution < -0.4 is 0 Å². The lowest BCUT2D eigenvalue weighted by Gasteiger charge is -2.33. The predicted molar refractivity (Wildman–Crippen MR) is 87.1 cm³/mol. The molecule has 0 unspecified atom stereocenters. The first kappa shape index (κ1) is 16.4. The quantitative estimate of drug-likeness (QED) is 0.640. The minimum atomic E-state index is -0.273. The summed E-state index contributed by atoms with van der Waals surface area (Å²) in [4.78, 5) is 14.3. The fourth-order valence-electron chi connectivity index (χ4n) is 2.61. The van der Waals surface area contributed by atoms with E-state index >= 15 is 0 Å². The van der Waals surface area contributed by atoms with Crippen LogP contribution in [0.15, 0.2) is 47.1 Å². The summed E-state index contributed by atoms with van der Waals surface area (Å²) in [7, 11) is 0. The van der Waals surface area contributed by atoms with E-state index in [0.29, 0.717) is 31.9 Å². The highest BCUT2D eigenvalue weighted by atomic mass is 19.1. The van der Waals surface area contributed by atoms with Crippen molar-refractivity contribution in [2.45, 2.75) is 12.5 Å². The van der Waals surface area contributed by atoms with Gasteiger partial charge in [-0.15, -0.1) is 0 Å². The third kappa shape index (κ3) is 4.31. The number of rotatable bonds is 4. The zero-order valence-corrected chi connectivity index (χ0v) is 13.2. The Morgan fingerprint density at radius 3 is 2.88 bits per heavy atom. The highest BCUT2D eigenvalue weighted by Gasteiger charge is 2.25. The number of furan rings is 1. The van der Waals surface area contributed by atoms with Crippen molar-refractivity contribution in [1.82, 2.24) is 4.90 Å². The van der Waals surface area contributed by atoms with Crippen molar-refractivity contribution in [2.75, 3.05) is 26.3 Å². The second-order valence-corrected chi connectivity index (χ2v) is 5.61. The molecular weight excluding hydrogens is 309 g/mol. The minimum Gasteiger partial charge on any atom is -0.461 e. The number of hydrogen-bond donors (Lipinski definition) is 0. The Morgan fingerprint density at radius 1 is 1.29 bits per heavy atom. The summed E-state index contributed by atoms with van der Waals surface area (Å²) in [5.41, 5.74) is 0.771. The fourth-order valence-corrected chi connectivity index (χ4v) is 2.61. The molecule has 0 spiro atoms. The van der Waals surface area contributed by atoms with E-state index < -0.39 is 0 Å². The molecule has 1 atom stereocenters. The molecule has 0 aliphatic carbocycles. The summed E-state index contributed by atoms with van der Waals surface area (Å²) in [5, 5.41) is 0. The maximum absolute atomic E-state index is 12.9. The van der Waals surface area contributed by atoms with Gasteiger partial charge in [-0.25, -0.2) is 4.39 Å². The minimum absolute atomic E-state index is 0.0149. The van der Waals surface area contributed by atoms with E-state index in [1.165, 1.54) is 18.4 Å². The molecule has 0 N–H and O–H groups in total. The average Bonchev–Trinajstić information content (AvgIpc) is 3.13. The number of ether oxygens (including phenoxy) is 1. The first-order chi connectivity index (χ1) is 11.7. The van der Waals surface area contributed by atoms with E-state index in [0.717, 1.165) is 12.1 Å². The Balaban J connectivity index is 1.60. The van der Waals surface area contributed by atoms with Crippen LogP contribution in [0.5, 0.6) is 0 Å². The largest absolute Gasteiger partial charge is 0.461 e. The van der Waals surface area contributed by atoms with E-state index in [9.17, 15) is 9.18 Å². The van der Waals surface area contributed by atoms with Gasteiger partial charge in [-0.05, 0) is 36.4 Å². The number of nitrogens with zero attached hydrogens (tertiary/aromatic N) is 1. The van der Waals surface area contributed by atoms with E-state index in [4.69, 9.17) is 9.15 Å². The number of hydrogen-bond acceptors (Lipinski definition) is 4. The van der Waals surface area contributed by atoms with E-state index in [1.807, 2.05) is 0 Å². The van der Waals surface area contributed by atoms with Gasteiger partial charge in [-0.1, -0.05) is 11.8 Å². The van der Waals surface area contributed by atoms with Crippen molar-refractivity contribution in [1.29, 1.82) is 0 Å². The van der Waals surface area contributed by atoms with Gasteiger partial charge >= 0.3 is 0 Å². The summed E-state index contributed by atoms with van der Waals surface area (Å²) in [6.07, 6.45) is 1.84. The van der Waals surface area contributed by atoms with Crippen molar-refractivity contribution in [3.05, 3.63) is 59.8 Å². The van der Waals surface area contributed by atoms with Crippen molar-refractivity contribution in [3.8, 4) is 11.8 Å². The number of ketones is 1. The molecule has 2 heterocycles. The van der Waals surface area contributed by atoms with E-state index in [-0.39, 0.29) is 17.6 Å². The Bertz CT molecular complexity index is 728. The fraction of sp³-hybridized carbons (Fsp3) is 0.316. The monoisotopic (exact) mass is 327 g/mol. The number of benzene rings is 1. The molecule has 124 valence electrons. The second kappa shape index (κ2) is 7.91. The third-order valence-electron chi connectivity index (χ3n) is 3.93. The van der Waals surface area contributed by atoms with Gasteiger partial charge in [0.15, 0.2) is 11.5 Å². The first-order valence-corrected chi connectivity index (χ1v) is 7.85. The maximum atomic E-state index is 12.9. The molecular formula is C19H18FNO3. The van der Waals surface area contributed by atoms with Crippen LogP contribution in [0.2, 0.25) is 0 Å². The Morgan fingerprint density at radius 2 is 2.12 bits per heavy atom. The van der Waals surface area contributed by atoms with Crippen LogP contribution in [0.3, 0.4) is 0 Å². The summed E-state index contributed by atoms with van der Waals surface area (Å²) in [5.74, 6) is 6.17. The second-order valence-electron chi connectivity index (χ2n) is 5.61. The van der Waals surface area contributed by atoms with Crippen molar-refractivity contribution in [3.63, 3.8) is 0 Å².